The summed E-state index contributed by atoms with van der Waals surface area (Å²) in [5, 5.41) is 16.2. The molecule has 7 rings (SSSR count). The van der Waals surface area contributed by atoms with E-state index in [4.69, 9.17) is 10.5 Å². The van der Waals surface area contributed by atoms with Crippen LogP contribution in [-0.2, 0) is 26.0 Å². The number of unbranched alkanes of at least 4 members (excludes halogenated alkanes) is 6. The average Bonchev–Trinajstić information content (AvgIpc) is 3.88. The predicted molar refractivity (Wildman–Crippen MR) is 252 cm³/mol. The number of nitrogen functional groups attached to an aromatic ring is 1. The summed E-state index contributed by atoms with van der Waals surface area (Å²) in [4.78, 5) is 72.3. The summed E-state index contributed by atoms with van der Waals surface area (Å²) < 4.78 is 34.9. The fourth-order valence-corrected chi connectivity index (χ4v) is 9.74. The number of hydrogen-bond acceptors (Lipinski definition) is 14. The maximum absolute atomic E-state index is 13.5. The molecule has 1 fully saturated rings. The summed E-state index contributed by atoms with van der Waals surface area (Å²) in [5.41, 5.74) is 11.4. The van der Waals surface area contributed by atoms with Crippen LogP contribution in [0.15, 0.2) is 84.0 Å². The van der Waals surface area contributed by atoms with Gasteiger partial charge in [-0.05, 0) is 112 Å². The van der Waals surface area contributed by atoms with E-state index in [1.54, 1.807) is 24.4 Å². The fourth-order valence-electron chi connectivity index (χ4n) is 8.75. The number of anilines is 3. The number of rotatable bonds is 24. The Labute approximate surface area is 389 Å². The Balaban J connectivity index is 0.805. The van der Waals surface area contributed by atoms with Gasteiger partial charge in [0.05, 0.1) is 39.2 Å². The molecule has 2 aliphatic heterocycles. The molecular weight excluding hydrogens is 879 g/mol. The minimum atomic E-state index is -4.39. The second-order valence-corrected chi connectivity index (χ2v) is 18.7. The number of ether oxygens (including phenoxy) is 1. The average molecular weight is 936 g/mol. The normalized spacial score (nSPS) is 15.1. The van der Waals surface area contributed by atoms with E-state index in [1.807, 2.05) is 18.2 Å². The van der Waals surface area contributed by atoms with E-state index < -0.39 is 21.8 Å². The van der Waals surface area contributed by atoms with Gasteiger partial charge in [0.25, 0.3) is 27.7 Å². The number of imide groups is 2. The molecule has 4 heterocycles. The zero-order valence-corrected chi connectivity index (χ0v) is 38.0. The predicted octanol–water partition coefficient (Wildman–Crippen LogP) is 6.60. The van der Waals surface area contributed by atoms with Gasteiger partial charge in [0.2, 0.25) is 12.3 Å². The smallest absolute Gasteiger partial charge is 0.268 e. The number of benzene rings is 3. The number of hydrogen-bond donors (Lipinski definition) is 7. The van der Waals surface area contributed by atoms with Crippen molar-refractivity contribution in [1.82, 2.24) is 29.8 Å². The first-order valence-corrected chi connectivity index (χ1v) is 24.2. The van der Waals surface area contributed by atoms with Gasteiger partial charge in [-0.2, -0.15) is 0 Å². The highest BCUT2D eigenvalue weighted by atomic mass is 32.2. The van der Waals surface area contributed by atoms with Gasteiger partial charge in [-0.3, -0.25) is 44.9 Å². The number of sulfonamides is 1. The van der Waals surface area contributed by atoms with Crippen molar-refractivity contribution in [2.24, 2.45) is 5.92 Å². The van der Waals surface area contributed by atoms with Crippen LogP contribution in [0, 0.1) is 5.92 Å². The number of nitrogens with one attached hydrogen (secondary N) is 5. The number of aryl methyl sites for hydroxylation is 1. The van der Waals surface area contributed by atoms with Crippen molar-refractivity contribution in [2.75, 3.05) is 49.3 Å². The molecule has 5 aromatic rings. The Morgan fingerprint density at radius 1 is 0.925 bits per heavy atom. The first-order chi connectivity index (χ1) is 32.4. The van der Waals surface area contributed by atoms with E-state index in [0.29, 0.717) is 59.2 Å². The van der Waals surface area contributed by atoms with E-state index in [0.717, 1.165) is 88.4 Å². The third kappa shape index (κ3) is 12.3. The second-order valence-electron chi connectivity index (χ2n) is 17.0. The maximum Gasteiger partial charge on any atom is 0.268 e. The molecule has 1 unspecified atom stereocenters. The van der Waals surface area contributed by atoms with Gasteiger partial charge in [-0.1, -0.05) is 44.2 Å². The Morgan fingerprint density at radius 3 is 2.54 bits per heavy atom. The van der Waals surface area contributed by atoms with Crippen LogP contribution < -0.4 is 31.3 Å². The van der Waals surface area contributed by atoms with Crippen molar-refractivity contribution >= 4 is 68.2 Å². The highest BCUT2D eigenvalue weighted by Crippen LogP contribution is 2.32. The van der Waals surface area contributed by atoms with Crippen molar-refractivity contribution in [3.63, 3.8) is 0 Å². The number of pyridine rings is 1. The van der Waals surface area contributed by atoms with Crippen LogP contribution in [0.25, 0.3) is 11.0 Å². The molecule has 19 heteroatoms. The number of aromatic nitrogens is 2. The maximum atomic E-state index is 13.5. The number of nitrogens with two attached hydrogens (primary N) is 1. The molecule has 0 spiro atoms. The number of aromatic amines is 1. The number of H-pyrrole nitrogens is 1. The minimum Gasteiger partial charge on any atom is -0.455 e. The molecule has 18 nitrogen and oxygen atoms in total. The topological polar surface area (TPSA) is 258 Å². The number of fused-ring (bicyclic) bond motifs is 2. The van der Waals surface area contributed by atoms with Crippen LogP contribution in [0.4, 0.5) is 17.1 Å². The molecule has 5 amide bonds. The van der Waals surface area contributed by atoms with Crippen LogP contribution in [0.3, 0.4) is 0 Å². The number of carbonyl (C=O) groups excluding carboxylic acids is 5. The van der Waals surface area contributed by atoms with E-state index in [2.05, 4.69) is 35.7 Å². The first-order valence-electron chi connectivity index (χ1n) is 22.7. The highest BCUT2D eigenvalue weighted by Gasteiger charge is 2.36. The summed E-state index contributed by atoms with van der Waals surface area (Å²) in [6, 6.07) is 17.4. The van der Waals surface area contributed by atoms with E-state index in [1.165, 1.54) is 41.4 Å². The number of piperidine rings is 1. The number of nitrogens with zero attached hydrogens (tertiary/aromatic N) is 3. The van der Waals surface area contributed by atoms with Crippen LogP contribution in [-0.4, -0.2) is 96.2 Å². The molecule has 8 N–H and O–H groups in total. The Morgan fingerprint density at radius 2 is 1.73 bits per heavy atom. The fraction of sp³-hybridized carbons (Fsp3) is 0.375. The second kappa shape index (κ2) is 22.6. The van der Waals surface area contributed by atoms with Gasteiger partial charge >= 0.3 is 0 Å². The van der Waals surface area contributed by atoms with Crippen LogP contribution >= 0.6 is 0 Å². The zero-order chi connectivity index (χ0) is 47.3. The third-order valence-electron chi connectivity index (χ3n) is 12.2. The lowest BCUT2D eigenvalue weighted by Gasteiger charge is -2.33. The summed E-state index contributed by atoms with van der Waals surface area (Å²) in [7, 11) is -4.39. The summed E-state index contributed by atoms with van der Waals surface area (Å²) >= 11 is 0. The molecule has 0 aliphatic carbocycles. The molecule has 3 aromatic carbocycles. The van der Waals surface area contributed by atoms with Gasteiger partial charge in [0.1, 0.15) is 17.1 Å². The zero-order valence-electron chi connectivity index (χ0n) is 37.2. The standard InChI is InChI=1S/C48H57N9O9S/c49-35-16-18-38(42(26-35)66-36-25-34-20-21-50-45(34)52-29-36)46(60)55-67(64,65)37-17-19-40(41(27-37)54-63)51-28-32-11-9-23-56(30-32)22-7-5-3-1-2-4-6-12-33-13-8-14-39-44(33)48(62)57(47(39)61)24-10-15-43(59)53-31-58/h8,13-14,16-21,25-27,29,31-32,51,54,63H,1-7,9-12,15,22-24,28,30,49H2,(H,50,52)(H,55,60)(H,53,58,59). The number of amides is 5. The lowest BCUT2D eigenvalue weighted by atomic mass is 9.97. The van der Waals surface area contributed by atoms with E-state index in [-0.39, 0.29) is 53.1 Å². The minimum absolute atomic E-state index is 0.0443. The molecule has 354 valence electrons. The monoisotopic (exact) mass is 935 g/mol. The Kier molecular flexibility index (Phi) is 16.2. The van der Waals surface area contributed by atoms with E-state index in [9.17, 15) is 37.6 Å². The van der Waals surface area contributed by atoms with Crippen molar-refractivity contribution in [3.05, 3.63) is 101 Å². The summed E-state index contributed by atoms with van der Waals surface area (Å²) in [6.45, 7) is 3.72. The largest absolute Gasteiger partial charge is 0.455 e. The number of carbonyl (C=O) groups is 5. The lowest BCUT2D eigenvalue weighted by Crippen LogP contribution is -2.38. The molecule has 0 bridgehead atoms. The first kappa shape index (κ1) is 48.1. The Hall–Kier alpha value is -6.83. The molecule has 1 saturated heterocycles. The number of likely N-dealkylation sites (tertiary alicyclic amines) is 1. The summed E-state index contributed by atoms with van der Waals surface area (Å²) in [5.74, 6) is -1.32. The molecule has 2 aliphatic rings. The van der Waals surface area contributed by atoms with Crippen LogP contribution in [0.2, 0.25) is 0 Å². The van der Waals surface area contributed by atoms with Crippen molar-refractivity contribution in [2.45, 2.75) is 81.9 Å². The van der Waals surface area contributed by atoms with Gasteiger partial charge in [-0.25, -0.2) is 18.1 Å². The molecular formula is C48H57N9O9S. The quantitative estimate of drug-likeness (QED) is 0.0113. The molecule has 2 aromatic heterocycles. The van der Waals surface area contributed by atoms with E-state index >= 15 is 0 Å². The van der Waals surface area contributed by atoms with Crippen molar-refractivity contribution in [1.29, 1.82) is 0 Å². The molecule has 1 atom stereocenters. The highest BCUT2D eigenvalue weighted by molar-refractivity contribution is 7.90. The van der Waals surface area contributed by atoms with Crippen LogP contribution in [0.5, 0.6) is 11.5 Å². The van der Waals surface area contributed by atoms with Crippen LogP contribution in [0.1, 0.15) is 107 Å². The molecule has 0 radical (unpaired) electrons. The third-order valence-corrected chi connectivity index (χ3v) is 13.5. The Bertz CT molecular complexity index is 2710. The molecule has 0 saturated carbocycles. The van der Waals surface area contributed by atoms with Crippen molar-refractivity contribution in [3.8, 4) is 11.5 Å². The van der Waals surface area contributed by atoms with Gasteiger partial charge in [-0.15, -0.1) is 0 Å². The summed E-state index contributed by atoms with van der Waals surface area (Å²) in [6.07, 6.45) is 14.2. The van der Waals surface area contributed by atoms with Gasteiger partial charge in [0, 0.05) is 49.4 Å². The van der Waals surface area contributed by atoms with Gasteiger partial charge in [0.15, 0.2) is 0 Å². The molecule has 67 heavy (non-hydrogen) atoms. The lowest BCUT2D eigenvalue weighted by molar-refractivity contribution is -0.125. The van der Waals surface area contributed by atoms with Gasteiger partial charge < -0.3 is 25.7 Å². The SMILES string of the molecule is Nc1ccc(C(=O)NS(=O)(=O)c2ccc(NCC3CCCN(CCCCCCCCCc4cccc5c4C(=O)N(CCCC(=O)NC=O)C5=O)C3)c(NO)c2)c(Oc2cnc3[nH]ccc3c2)c1. The van der Waals surface area contributed by atoms with Crippen molar-refractivity contribution < 1.29 is 42.3 Å².